The molecule has 0 aliphatic carbocycles. The van der Waals surface area contributed by atoms with Crippen LogP contribution < -0.4 is 32.4 Å². The maximum Gasteiger partial charge on any atom is 0.347 e. The van der Waals surface area contributed by atoms with Gasteiger partial charge in [0, 0.05) is 6.42 Å². The SMILES string of the molecule is NC1=[NH+][C@H]2[C@H](CN3C(=O)CC(c4ccccc4)C3=O)NC(N)=[N+]3CC(NC(=O)c4cccc(F)c4F)C(O)(O)[C@]23N1. The predicted octanol–water partition coefficient (Wildman–Crippen LogP) is -4.34. The van der Waals surface area contributed by atoms with E-state index in [1.807, 2.05) is 0 Å². The Labute approximate surface area is 231 Å². The van der Waals surface area contributed by atoms with Crippen LogP contribution >= 0.6 is 0 Å². The summed E-state index contributed by atoms with van der Waals surface area (Å²) in [4.78, 5) is 43.1. The maximum absolute atomic E-state index is 14.3. The van der Waals surface area contributed by atoms with Crippen molar-refractivity contribution >= 4 is 29.6 Å². The highest BCUT2D eigenvalue weighted by molar-refractivity contribution is 6.06. The molecule has 4 aliphatic heterocycles. The molecular weight excluding hydrogens is 542 g/mol. The van der Waals surface area contributed by atoms with Gasteiger partial charge in [-0.25, -0.2) is 18.7 Å². The summed E-state index contributed by atoms with van der Waals surface area (Å²) in [6.45, 7) is -0.469. The average molecular weight is 571 g/mol. The molecule has 13 nitrogen and oxygen atoms in total. The molecule has 0 saturated carbocycles. The van der Waals surface area contributed by atoms with Crippen LogP contribution in [0, 0.1) is 11.6 Å². The molecule has 2 aromatic carbocycles. The van der Waals surface area contributed by atoms with Gasteiger partial charge >= 0.3 is 11.9 Å². The number of benzene rings is 2. The summed E-state index contributed by atoms with van der Waals surface area (Å²) in [5, 5.41) is 31.3. The van der Waals surface area contributed by atoms with Crippen LogP contribution in [0.4, 0.5) is 8.78 Å². The highest BCUT2D eigenvalue weighted by Gasteiger charge is 2.78. The summed E-state index contributed by atoms with van der Waals surface area (Å²) in [7, 11) is 0. The first-order valence-electron chi connectivity index (χ1n) is 12.9. The Kier molecular flexibility index (Phi) is 5.97. The van der Waals surface area contributed by atoms with Crippen LogP contribution in [0.5, 0.6) is 0 Å². The summed E-state index contributed by atoms with van der Waals surface area (Å²) in [6, 6.07) is 8.60. The van der Waals surface area contributed by atoms with Gasteiger partial charge in [0.2, 0.25) is 11.8 Å². The second kappa shape index (κ2) is 9.21. The van der Waals surface area contributed by atoms with Gasteiger partial charge in [-0.15, -0.1) is 0 Å². The molecule has 15 heteroatoms. The number of aliphatic hydroxyl groups is 2. The van der Waals surface area contributed by atoms with E-state index in [1.165, 1.54) is 4.58 Å². The number of halogens is 2. The van der Waals surface area contributed by atoms with Crippen molar-refractivity contribution in [3.05, 3.63) is 71.3 Å². The van der Waals surface area contributed by atoms with Gasteiger partial charge in [0.15, 0.2) is 17.7 Å². The Bertz CT molecular complexity index is 1530. The van der Waals surface area contributed by atoms with Gasteiger partial charge in [-0.2, -0.15) is 0 Å². The van der Waals surface area contributed by atoms with Crippen molar-refractivity contribution < 1.29 is 42.9 Å². The molecular formula is C26H28F2N8O5+2. The number of nitrogens with one attached hydrogen (secondary N) is 4. The standard InChI is InChI=1S/C26H26F2N8O5/c27-15-8-4-7-13(19(15)28)21(38)32-17-11-36-24(30)31-16(20-25(36,26(17,40)41)34-23(29)33-20)10-35-18(37)9-14(22(35)39)12-5-2-1-3-6-12/h1-8,14,16-17,20,40-41H,9-11H2,(H6,29,30,31,32,33,34,38)/p+2/t14?,16-,17?,20-,25-/m0/s1. The molecule has 0 radical (unpaired) electrons. The zero-order valence-corrected chi connectivity index (χ0v) is 21.5. The average Bonchev–Trinajstić information content (AvgIpc) is 3.51. The molecule has 0 bridgehead atoms. The molecule has 41 heavy (non-hydrogen) atoms. The van der Waals surface area contributed by atoms with Crippen molar-refractivity contribution in [2.24, 2.45) is 11.5 Å². The summed E-state index contributed by atoms with van der Waals surface area (Å²) < 4.78 is 29.3. The molecule has 214 valence electrons. The monoisotopic (exact) mass is 570 g/mol. The minimum atomic E-state index is -2.80. The van der Waals surface area contributed by atoms with Gasteiger partial charge < -0.3 is 15.5 Å². The molecule has 1 spiro atoms. The molecule has 5 atom stereocenters. The number of carbonyl (C=O) groups is 3. The Morgan fingerprint density at radius 2 is 1.88 bits per heavy atom. The maximum atomic E-state index is 14.3. The number of nitrogens with two attached hydrogens (primary N) is 2. The van der Waals surface area contributed by atoms with Crippen LogP contribution in [-0.2, 0) is 9.59 Å². The Morgan fingerprint density at radius 1 is 1.15 bits per heavy atom. The van der Waals surface area contributed by atoms with E-state index in [9.17, 15) is 33.4 Å². The zero-order valence-electron chi connectivity index (χ0n) is 21.5. The molecule has 0 aromatic heterocycles. The fraction of sp³-hybridized carbons (Fsp3) is 0.346. The fourth-order valence-corrected chi connectivity index (χ4v) is 6.33. The fourth-order valence-electron chi connectivity index (χ4n) is 6.33. The largest absolute Gasteiger partial charge is 0.358 e. The third-order valence-electron chi connectivity index (χ3n) is 8.28. The quantitative estimate of drug-likeness (QED) is 0.0994. The summed E-state index contributed by atoms with van der Waals surface area (Å²) >= 11 is 0. The van der Waals surface area contributed by atoms with Crippen LogP contribution in [0.25, 0.3) is 0 Å². The van der Waals surface area contributed by atoms with Crippen LogP contribution in [0.15, 0.2) is 48.5 Å². The number of hydrogen-bond acceptors (Lipinski definition) is 9. The summed E-state index contributed by atoms with van der Waals surface area (Å²) in [5.74, 6) is -8.11. The van der Waals surface area contributed by atoms with E-state index in [0.29, 0.717) is 5.56 Å². The van der Waals surface area contributed by atoms with Crippen LogP contribution in [0.1, 0.15) is 28.3 Å². The normalized spacial score (nSPS) is 30.0. The van der Waals surface area contributed by atoms with Crippen molar-refractivity contribution in [2.75, 3.05) is 13.1 Å². The van der Waals surface area contributed by atoms with E-state index >= 15 is 0 Å². The lowest BCUT2D eigenvalue weighted by molar-refractivity contribution is -0.674. The molecule has 2 unspecified atom stereocenters. The van der Waals surface area contributed by atoms with Crippen molar-refractivity contribution in [1.82, 2.24) is 20.9 Å². The molecule has 2 saturated heterocycles. The number of guanidine groups is 2. The van der Waals surface area contributed by atoms with Crippen molar-refractivity contribution in [1.29, 1.82) is 0 Å². The minimum absolute atomic E-state index is 0.0225. The topological polar surface area (TPSA) is 200 Å². The van der Waals surface area contributed by atoms with Crippen LogP contribution in [-0.4, -0.2) is 92.0 Å². The van der Waals surface area contributed by atoms with E-state index in [1.54, 1.807) is 30.3 Å². The van der Waals surface area contributed by atoms with E-state index in [4.69, 9.17) is 11.5 Å². The second-order valence-corrected chi connectivity index (χ2v) is 10.5. The van der Waals surface area contributed by atoms with Crippen LogP contribution in [0.2, 0.25) is 0 Å². The van der Waals surface area contributed by atoms with Gasteiger partial charge in [-0.3, -0.25) is 41.1 Å². The third-order valence-corrected chi connectivity index (χ3v) is 8.28. The number of imide groups is 1. The molecule has 2 aromatic rings. The van der Waals surface area contributed by atoms with E-state index < -0.39 is 70.4 Å². The Morgan fingerprint density at radius 3 is 2.61 bits per heavy atom. The van der Waals surface area contributed by atoms with E-state index in [-0.39, 0.29) is 31.4 Å². The number of rotatable bonds is 5. The number of carbonyl (C=O) groups excluding carboxylic acids is 3. The summed E-state index contributed by atoms with van der Waals surface area (Å²) in [6.07, 6.45) is -0.0225. The third kappa shape index (κ3) is 3.83. The van der Waals surface area contributed by atoms with Gasteiger partial charge in [0.25, 0.3) is 17.4 Å². The first-order chi connectivity index (χ1) is 19.5. The molecule has 6 rings (SSSR count). The van der Waals surface area contributed by atoms with Gasteiger partial charge in [-0.05, 0) is 17.7 Å². The first-order valence-corrected chi connectivity index (χ1v) is 12.9. The molecule has 3 amide bonds. The van der Waals surface area contributed by atoms with Crippen molar-refractivity contribution in [3.8, 4) is 0 Å². The van der Waals surface area contributed by atoms with Crippen molar-refractivity contribution in [2.45, 2.75) is 41.9 Å². The first kappa shape index (κ1) is 26.6. The van der Waals surface area contributed by atoms with Crippen LogP contribution in [0.3, 0.4) is 0 Å². The number of hydrogen-bond donors (Lipinski definition) is 8. The predicted molar refractivity (Wildman–Crippen MR) is 136 cm³/mol. The zero-order chi connectivity index (χ0) is 29.3. The smallest absolute Gasteiger partial charge is 0.347 e. The number of amides is 3. The highest BCUT2D eigenvalue weighted by atomic mass is 19.2. The molecule has 4 aliphatic rings. The number of likely N-dealkylation sites (tertiary alicyclic amines) is 1. The van der Waals surface area contributed by atoms with Gasteiger partial charge in [-0.1, -0.05) is 36.4 Å². The molecule has 10 N–H and O–H groups in total. The lowest BCUT2D eigenvalue weighted by Crippen LogP contribution is -2.92. The lowest BCUT2D eigenvalue weighted by Gasteiger charge is -2.41. The Hall–Kier alpha value is -4.63. The molecule has 2 fully saturated rings. The second-order valence-electron chi connectivity index (χ2n) is 10.5. The van der Waals surface area contributed by atoms with Gasteiger partial charge in [0.1, 0.15) is 12.1 Å². The van der Waals surface area contributed by atoms with E-state index in [0.717, 1.165) is 23.1 Å². The number of nitrogens with zero attached hydrogens (tertiary/aromatic N) is 2. The highest BCUT2D eigenvalue weighted by Crippen LogP contribution is 2.38. The molecule has 4 heterocycles. The lowest BCUT2D eigenvalue weighted by atomic mass is 9.85. The minimum Gasteiger partial charge on any atom is -0.358 e. The van der Waals surface area contributed by atoms with Crippen molar-refractivity contribution in [3.63, 3.8) is 0 Å². The Balaban J connectivity index is 1.29. The van der Waals surface area contributed by atoms with E-state index in [2.05, 4.69) is 20.9 Å². The summed E-state index contributed by atoms with van der Waals surface area (Å²) in [5.41, 5.74) is 10.6. The van der Waals surface area contributed by atoms with Gasteiger partial charge in [0.05, 0.1) is 24.6 Å².